The maximum absolute atomic E-state index is 13.4. The average molecular weight is 581 g/mol. The first-order valence-electron chi connectivity index (χ1n) is 16.6. The van der Waals surface area contributed by atoms with E-state index >= 15 is 0 Å². The Morgan fingerprint density at radius 2 is 1.47 bits per heavy atom. The van der Waals surface area contributed by atoms with Gasteiger partial charge in [-0.2, -0.15) is 0 Å². The van der Waals surface area contributed by atoms with Crippen LogP contribution < -0.4 is 4.74 Å². The zero-order valence-electron chi connectivity index (χ0n) is 25.7. The van der Waals surface area contributed by atoms with Gasteiger partial charge in [-0.25, -0.2) is 0 Å². The summed E-state index contributed by atoms with van der Waals surface area (Å²) in [5, 5.41) is 0. The van der Waals surface area contributed by atoms with Crippen molar-refractivity contribution < 1.29 is 14.3 Å². The van der Waals surface area contributed by atoms with Crippen molar-refractivity contribution in [3.8, 4) is 5.75 Å². The Balaban J connectivity index is 1.02. The molecule has 0 N–H and O–H groups in total. The molecule has 0 unspecified atom stereocenters. The van der Waals surface area contributed by atoms with Crippen molar-refractivity contribution in [2.24, 2.45) is 0 Å². The zero-order chi connectivity index (χ0) is 29.3. The molecule has 6 rings (SSSR count). The largest absolute Gasteiger partial charge is 0.490 e. The molecular weight excluding hydrogens is 532 g/mol. The van der Waals surface area contributed by atoms with Crippen molar-refractivity contribution in [2.75, 3.05) is 45.9 Å². The maximum atomic E-state index is 13.4. The molecule has 0 spiro atoms. The summed E-state index contributed by atoms with van der Waals surface area (Å²) in [6, 6.07) is 29.7. The highest BCUT2D eigenvalue weighted by atomic mass is 16.5. The number of nitrogens with zero attached hydrogens (tertiary/aromatic N) is 2. The molecule has 3 aromatic rings. The first-order chi connectivity index (χ1) is 21.2. The number of hydrogen-bond donors (Lipinski definition) is 0. The molecule has 1 aliphatic carbocycles. The lowest BCUT2D eigenvalue weighted by molar-refractivity contribution is -0.0410. The van der Waals surface area contributed by atoms with Crippen LogP contribution in [0.5, 0.6) is 5.75 Å². The van der Waals surface area contributed by atoms with E-state index in [0.29, 0.717) is 12.3 Å². The van der Waals surface area contributed by atoms with Gasteiger partial charge in [-0.15, -0.1) is 0 Å². The number of carbonyl (C=O) groups is 1. The first kappa shape index (κ1) is 30.1. The number of carbonyl (C=O) groups excluding carboxylic acids is 1. The fourth-order valence-electron chi connectivity index (χ4n) is 7.64. The molecule has 0 radical (unpaired) electrons. The molecule has 5 heteroatoms. The van der Waals surface area contributed by atoms with Gasteiger partial charge < -0.3 is 14.4 Å². The maximum Gasteiger partial charge on any atom is 0.163 e. The molecule has 228 valence electrons. The summed E-state index contributed by atoms with van der Waals surface area (Å²) in [5.41, 5.74) is 3.69. The third-order valence-corrected chi connectivity index (χ3v) is 10.1. The molecule has 0 atom stereocenters. The van der Waals surface area contributed by atoms with E-state index in [1.54, 1.807) is 0 Å². The van der Waals surface area contributed by atoms with Gasteiger partial charge in [-0.1, -0.05) is 92.1 Å². The van der Waals surface area contributed by atoms with Crippen molar-refractivity contribution in [3.05, 3.63) is 102 Å². The fraction of sp³-hybridized carbons (Fsp3) is 0.500. The zero-order valence-corrected chi connectivity index (χ0v) is 25.7. The number of rotatable bonds is 11. The predicted octanol–water partition coefficient (Wildman–Crippen LogP) is 7.36. The van der Waals surface area contributed by atoms with Crippen LogP contribution in [0.3, 0.4) is 0 Å². The Hall–Kier alpha value is -2.99. The van der Waals surface area contributed by atoms with E-state index in [4.69, 9.17) is 9.47 Å². The lowest BCUT2D eigenvalue weighted by Gasteiger charge is -2.48. The number of likely N-dealkylation sites (tertiary alicyclic amines) is 1. The van der Waals surface area contributed by atoms with Crippen molar-refractivity contribution in [1.29, 1.82) is 0 Å². The number of benzene rings is 3. The van der Waals surface area contributed by atoms with Crippen LogP contribution in [0.2, 0.25) is 0 Å². The highest BCUT2D eigenvalue weighted by molar-refractivity contribution is 5.96. The molecular formula is C38H48N2O3. The summed E-state index contributed by atoms with van der Waals surface area (Å²) in [6.45, 7) is 6.66. The van der Waals surface area contributed by atoms with Crippen molar-refractivity contribution >= 4 is 5.78 Å². The molecule has 5 nitrogen and oxygen atoms in total. The van der Waals surface area contributed by atoms with Crippen LogP contribution in [0.25, 0.3) is 0 Å². The van der Waals surface area contributed by atoms with Crippen LogP contribution in [0, 0.1) is 0 Å². The standard InChI is InChI=1S/C38H48N2O3/c41-37(17-22-38(20-8-3-9-21-38)40-25-27-42-28-26-40)33-15-10-16-35(29-33)43-34-18-23-39(24-19-34)30-36(31-11-4-1-5-12-31)32-13-6-2-7-14-32/h1-2,4-7,10-16,29,34,36H,3,8-9,17-28,30H2. The topological polar surface area (TPSA) is 42.0 Å². The Morgan fingerprint density at radius 3 is 2.12 bits per heavy atom. The van der Waals surface area contributed by atoms with E-state index in [0.717, 1.165) is 76.5 Å². The quantitative estimate of drug-likeness (QED) is 0.222. The molecule has 2 heterocycles. The third-order valence-electron chi connectivity index (χ3n) is 10.1. The molecule has 0 amide bonds. The van der Waals surface area contributed by atoms with Gasteiger partial charge in [0.05, 0.1) is 13.2 Å². The van der Waals surface area contributed by atoms with Gasteiger partial charge in [-0.05, 0) is 55.4 Å². The number of ketones is 1. The number of morpholine rings is 1. The summed E-state index contributed by atoms with van der Waals surface area (Å²) in [4.78, 5) is 18.6. The lowest BCUT2D eigenvalue weighted by Crippen LogP contribution is -2.54. The van der Waals surface area contributed by atoms with Crippen molar-refractivity contribution in [3.63, 3.8) is 0 Å². The highest BCUT2D eigenvalue weighted by Crippen LogP contribution is 2.38. The van der Waals surface area contributed by atoms with E-state index < -0.39 is 0 Å². The first-order valence-corrected chi connectivity index (χ1v) is 16.6. The fourth-order valence-corrected chi connectivity index (χ4v) is 7.64. The van der Waals surface area contributed by atoms with Gasteiger partial charge in [0.15, 0.2) is 5.78 Å². The molecule has 0 bridgehead atoms. The summed E-state index contributed by atoms with van der Waals surface area (Å²) in [7, 11) is 0. The Labute approximate surface area is 258 Å². The van der Waals surface area contributed by atoms with Gasteiger partial charge in [0.25, 0.3) is 0 Å². The molecule has 1 saturated carbocycles. The Bertz CT molecular complexity index is 1240. The van der Waals surface area contributed by atoms with Crippen LogP contribution in [-0.2, 0) is 4.74 Å². The number of Topliss-reactive ketones (excluding diaryl/α,β-unsaturated/α-hetero) is 1. The van der Waals surface area contributed by atoms with Gasteiger partial charge in [0.1, 0.15) is 11.9 Å². The molecule has 43 heavy (non-hydrogen) atoms. The molecule has 3 aromatic carbocycles. The second kappa shape index (κ2) is 14.7. The minimum Gasteiger partial charge on any atom is -0.490 e. The number of hydrogen-bond acceptors (Lipinski definition) is 5. The van der Waals surface area contributed by atoms with E-state index in [1.807, 2.05) is 24.3 Å². The molecule has 0 aromatic heterocycles. The summed E-state index contributed by atoms with van der Waals surface area (Å²) >= 11 is 0. The van der Waals surface area contributed by atoms with E-state index in [2.05, 4.69) is 70.5 Å². The average Bonchev–Trinajstić information content (AvgIpc) is 3.08. The van der Waals surface area contributed by atoms with Gasteiger partial charge in [-0.3, -0.25) is 9.69 Å². The van der Waals surface area contributed by atoms with Crippen molar-refractivity contribution in [1.82, 2.24) is 9.80 Å². The second-order valence-electron chi connectivity index (χ2n) is 12.8. The highest BCUT2D eigenvalue weighted by Gasteiger charge is 2.38. The number of ether oxygens (including phenoxy) is 2. The Kier molecular flexibility index (Phi) is 10.2. The Morgan fingerprint density at radius 1 is 0.814 bits per heavy atom. The minimum absolute atomic E-state index is 0.166. The summed E-state index contributed by atoms with van der Waals surface area (Å²) in [5.74, 6) is 1.43. The van der Waals surface area contributed by atoms with Crippen LogP contribution in [0.1, 0.15) is 85.2 Å². The van der Waals surface area contributed by atoms with E-state index in [-0.39, 0.29) is 17.4 Å². The summed E-state index contributed by atoms with van der Waals surface area (Å²) < 4.78 is 12.1. The minimum atomic E-state index is 0.166. The molecule has 3 aliphatic rings. The third kappa shape index (κ3) is 7.75. The molecule has 3 fully saturated rings. The van der Waals surface area contributed by atoms with Gasteiger partial charge >= 0.3 is 0 Å². The van der Waals surface area contributed by atoms with Crippen LogP contribution in [-0.4, -0.2) is 73.2 Å². The van der Waals surface area contributed by atoms with Crippen LogP contribution >= 0.6 is 0 Å². The summed E-state index contributed by atoms with van der Waals surface area (Å²) in [6.07, 6.45) is 10.00. The van der Waals surface area contributed by atoms with Crippen molar-refractivity contribution in [2.45, 2.75) is 75.3 Å². The van der Waals surface area contributed by atoms with Crippen LogP contribution in [0.15, 0.2) is 84.9 Å². The molecule has 2 saturated heterocycles. The van der Waals surface area contributed by atoms with Crippen LogP contribution in [0.4, 0.5) is 0 Å². The monoisotopic (exact) mass is 580 g/mol. The lowest BCUT2D eigenvalue weighted by atomic mass is 9.76. The van der Waals surface area contributed by atoms with E-state index in [9.17, 15) is 4.79 Å². The smallest absolute Gasteiger partial charge is 0.163 e. The van der Waals surface area contributed by atoms with Gasteiger partial charge in [0.2, 0.25) is 0 Å². The predicted molar refractivity (Wildman–Crippen MR) is 173 cm³/mol. The SMILES string of the molecule is O=C(CCC1(N2CCOCC2)CCCCC1)c1cccc(OC2CCN(CC(c3ccccc3)c3ccccc3)CC2)c1. The van der Waals surface area contributed by atoms with E-state index in [1.165, 1.54) is 43.2 Å². The second-order valence-corrected chi connectivity index (χ2v) is 12.8. The normalized spacial score (nSPS) is 20.2. The van der Waals surface area contributed by atoms with Gasteiger partial charge in [0, 0.05) is 56.2 Å². The molecule has 2 aliphatic heterocycles. The number of piperidine rings is 1.